The lowest BCUT2D eigenvalue weighted by molar-refractivity contribution is -0.0835. The van der Waals surface area contributed by atoms with E-state index in [1.165, 1.54) is 12.1 Å². The molecule has 0 bridgehead atoms. The molecule has 0 aromatic heterocycles. The summed E-state index contributed by atoms with van der Waals surface area (Å²) in [6, 6.07) is 6.28. The summed E-state index contributed by atoms with van der Waals surface area (Å²) in [6.07, 6.45) is 0.775. The number of carbonyl (C=O) groups is 1. The zero-order chi connectivity index (χ0) is 14.9. The Morgan fingerprint density at radius 1 is 1.45 bits per heavy atom. The summed E-state index contributed by atoms with van der Waals surface area (Å²) in [5, 5.41) is 25.8. The van der Waals surface area contributed by atoms with E-state index in [4.69, 9.17) is 0 Å². The maximum atomic E-state index is 12.5. The minimum Gasteiger partial charge on any atom is -0.507 e. The van der Waals surface area contributed by atoms with E-state index in [9.17, 15) is 15.0 Å². The average molecular weight is 276 g/mol. The zero-order valence-electron chi connectivity index (χ0n) is 12.0. The van der Waals surface area contributed by atoms with Gasteiger partial charge in [-0.05, 0) is 31.4 Å². The van der Waals surface area contributed by atoms with E-state index in [1.807, 2.05) is 13.8 Å². The number of amides is 1. The molecular weight excluding hydrogens is 256 g/mol. The van der Waals surface area contributed by atoms with Gasteiger partial charge in [-0.25, -0.2) is 0 Å². The van der Waals surface area contributed by atoms with Gasteiger partial charge in [-0.1, -0.05) is 26.0 Å². The van der Waals surface area contributed by atoms with Crippen molar-refractivity contribution < 1.29 is 15.0 Å². The molecule has 5 heteroatoms. The van der Waals surface area contributed by atoms with E-state index in [0.717, 1.165) is 5.01 Å². The Balaban J connectivity index is 2.34. The van der Waals surface area contributed by atoms with Crippen molar-refractivity contribution in [3.05, 3.63) is 29.8 Å². The van der Waals surface area contributed by atoms with Crippen molar-refractivity contribution in [2.45, 2.75) is 39.3 Å². The number of hydrazone groups is 1. The summed E-state index contributed by atoms with van der Waals surface area (Å²) < 4.78 is 0. The predicted octanol–water partition coefficient (Wildman–Crippen LogP) is 2.35. The molecule has 0 spiro atoms. The molecule has 1 aromatic carbocycles. The lowest BCUT2D eigenvalue weighted by Gasteiger charge is -2.32. The second-order valence-electron chi connectivity index (χ2n) is 5.73. The molecule has 20 heavy (non-hydrogen) atoms. The van der Waals surface area contributed by atoms with Crippen LogP contribution in [0.15, 0.2) is 29.4 Å². The molecule has 108 valence electrons. The van der Waals surface area contributed by atoms with Crippen molar-refractivity contribution in [3.63, 3.8) is 0 Å². The first kappa shape index (κ1) is 14.5. The van der Waals surface area contributed by atoms with E-state index < -0.39 is 11.6 Å². The summed E-state index contributed by atoms with van der Waals surface area (Å²) in [6.45, 7) is 5.74. The molecule has 1 atom stereocenters. The normalized spacial score (nSPS) is 22.2. The van der Waals surface area contributed by atoms with E-state index in [-0.39, 0.29) is 17.2 Å². The van der Waals surface area contributed by atoms with Crippen LogP contribution in [0.1, 0.15) is 44.0 Å². The fourth-order valence-electron chi connectivity index (χ4n) is 2.60. The van der Waals surface area contributed by atoms with Gasteiger partial charge >= 0.3 is 0 Å². The molecular formula is C15H20N2O3. The average Bonchev–Trinajstić information content (AvgIpc) is 2.63. The van der Waals surface area contributed by atoms with Crippen LogP contribution in [0.5, 0.6) is 5.75 Å². The number of phenols is 1. The van der Waals surface area contributed by atoms with Crippen molar-refractivity contribution in [1.29, 1.82) is 0 Å². The van der Waals surface area contributed by atoms with Gasteiger partial charge in [0.15, 0.2) is 5.72 Å². The van der Waals surface area contributed by atoms with Gasteiger partial charge in [-0.3, -0.25) is 4.79 Å². The number of phenolic OH excluding ortho intramolecular Hbond substituents is 1. The van der Waals surface area contributed by atoms with Gasteiger partial charge in [0, 0.05) is 12.1 Å². The molecule has 2 N–H and O–H groups in total. The van der Waals surface area contributed by atoms with Crippen LogP contribution < -0.4 is 0 Å². The first-order chi connectivity index (χ1) is 9.33. The molecule has 0 saturated heterocycles. The molecule has 0 aliphatic carbocycles. The Labute approximate surface area is 118 Å². The van der Waals surface area contributed by atoms with Gasteiger partial charge in [0.1, 0.15) is 5.75 Å². The number of carbonyl (C=O) groups excluding carboxylic acids is 1. The number of hydrogen-bond donors (Lipinski definition) is 2. The summed E-state index contributed by atoms with van der Waals surface area (Å²) in [7, 11) is 0. The van der Waals surface area contributed by atoms with E-state index in [2.05, 4.69) is 5.10 Å². The van der Waals surface area contributed by atoms with Gasteiger partial charge < -0.3 is 10.2 Å². The summed E-state index contributed by atoms with van der Waals surface area (Å²) >= 11 is 0. The smallest absolute Gasteiger partial charge is 0.280 e. The highest BCUT2D eigenvalue weighted by atomic mass is 16.3. The van der Waals surface area contributed by atoms with Crippen LogP contribution in [0.2, 0.25) is 0 Å². The Morgan fingerprint density at radius 2 is 2.10 bits per heavy atom. The molecule has 5 nitrogen and oxygen atoms in total. The minimum absolute atomic E-state index is 0.107. The minimum atomic E-state index is -1.31. The van der Waals surface area contributed by atoms with E-state index in [1.54, 1.807) is 19.1 Å². The number of aromatic hydroxyl groups is 1. The van der Waals surface area contributed by atoms with Crippen LogP contribution in [-0.2, 0) is 0 Å². The molecule has 2 rings (SSSR count). The van der Waals surface area contributed by atoms with Crippen molar-refractivity contribution in [1.82, 2.24) is 5.01 Å². The molecule has 1 aliphatic heterocycles. The Morgan fingerprint density at radius 3 is 2.70 bits per heavy atom. The fourth-order valence-corrected chi connectivity index (χ4v) is 2.60. The van der Waals surface area contributed by atoms with Crippen molar-refractivity contribution in [3.8, 4) is 5.75 Å². The lowest BCUT2D eigenvalue weighted by Crippen LogP contribution is -2.46. The summed E-state index contributed by atoms with van der Waals surface area (Å²) in [5.41, 5.74) is -0.456. The second-order valence-corrected chi connectivity index (χ2v) is 5.73. The molecule has 1 amide bonds. The largest absolute Gasteiger partial charge is 0.507 e. The van der Waals surface area contributed by atoms with Crippen molar-refractivity contribution >= 4 is 11.6 Å². The Hall–Kier alpha value is -1.88. The van der Waals surface area contributed by atoms with Crippen LogP contribution in [-0.4, -0.2) is 32.6 Å². The SMILES string of the molecule is CC1=NN(C(=O)c2ccccc2O)[C@](O)(CC(C)C)C1. The van der Waals surface area contributed by atoms with E-state index >= 15 is 0 Å². The number of nitrogens with zero attached hydrogens (tertiary/aromatic N) is 2. The monoisotopic (exact) mass is 276 g/mol. The first-order valence-electron chi connectivity index (χ1n) is 6.72. The molecule has 0 saturated carbocycles. The van der Waals surface area contributed by atoms with Gasteiger partial charge in [-0.15, -0.1) is 0 Å². The number of rotatable bonds is 3. The standard InChI is InChI=1S/C15H20N2O3/c1-10(2)8-15(20)9-11(3)16-17(15)14(19)12-6-4-5-7-13(12)18/h4-7,10,18,20H,8-9H2,1-3H3/t15-/m0/s1. The number of hydrogen-bond acceptors (Lipinski definition) is 4. The molecule has 1 aromatic rings. The predicted molar refractivity (Wildman–Crippen MR) is 76.4 cm³/mol. The Kier molecular flexibility index (Phi) is 3.81. The topological polar surface area (TPSA) is 73.1 Å². The highest BCUT2D eigenvalue weighted by Gasteiger charge is 2.44. The third-order valence-electron chi connectivity index (χ3n) is 3.27. The highest BCUT2D eigenvalue weighted by Crippen LogP contribution is 2.33. The van der Waals surface area contributed by atoms with Crippen LogP contribution in [0.25, 0.3) is 0 Å². The second kappa shape index (κ2) is 5.25. The van der Waals surface area contributed by atoms with E-state index in [0.29, 0.717) is 18.6 Å². The quantitative estimate of drug-likeness (QED) is 0.890. The Bertz CT molecular complexity index is 554. The molecule has 1 heterocycles. The third kappa shape index (κ3) is 2.67. The van der Waals surface area contributed by atoms with Crippen LogP contribution >= 0.6 is 0 Å². The fraction of sp³-hybridized carbons (Fsp3) is 0.467. The number of aliphatic hydroxyl groups is 1. The third-order valence-corrected chi connectivity index (χ3v) is 3.27. The highest BCUT2D eigenvalue weighted by molar-refractivity contribution is 5.99. The summed E-state index contributed by atoms with van der Waals surface area (Å²) in [5.74, 6) is -0.368. The van der Waals surface area contributed by atoms with Gasteiger partial charge in [0.2, 0.25) is 0 Å². The molecule has 1 aliphatic rings. The first-order valence-corrected chi connectivity index (χ1v) is 6.72. The molecule has 0 radical (unpaired) electrons. The van der Waals surface area contributed by atoms with Gasteiger partial charge in [0.25, 0.3) is 5.91 Å². The van der Waals surface area contributed by atoms with Crippen LogP contribution in [0.4, 0.5) is 0 Å². The maximum Gasteiger partial charge on any atom is 0.280 e. The number of para-hydroxylation sites is 1. The van der Waals surface area contributed by atoms with Gasteiger partial charge in [0.05, 0.1) is 5.56 Å². The van der Waals surface area contributed by atoms with Crippen molar-refractivity contribution in [2.24, 2.45) is 11.0 Å². The van der Waals surface area contributed by atoms with Gasteiger partial charge in [-0.2, -0.15) is 10.1 Å². The van der Waals surface area contributed by atoms with Crippen molar-refractivity contribution in [2.75, 3.05) is 0 Å². The molecule has 0 unspecified atom stereocenters. The lowest BCUT2D eigenvalue weighted by atomic mass is 9.95. The summed E-state index contributed by atoms with van der Waals surface area (Å²) in [4.78, 5) is 12.5. The molecule has 0 fully saturated rings. The van der Waals surface area contributed by atoms with Crippen LogP contribution in [0, 0.1) is 5.92 Å². The zero-order valence-corrected chi connectivity index (χ0v) is 12.0. The van der Waals surface area contributed by atoms with Crippen LogP contribution in [0.3, 0.4) is 0 Å². The number of benzene rings is 1. The maximum absolute atomic E-state index is 12.5.